The first-order chi connectivity index (χ1) is 11.2. The van der Waals surface area contributed by atoms with E-state index in [2.05, 4.69) is 5.32 Å². The summed E-state index contributed by atoms with van der Waals surface area (Å²) in [5.74, 6) is -0.0341. The summed E-state index contributed by atoms with van der Waals surface area (Å²) < 4.78 is 14.2. The van der Waals surface area contributed by atoms with Crippen LogP contribution in [0.25, 0.3) is 0 Å². The summed E-state index contributed by atoms with van der Waals surface area (Å²) >= 11 is 1.60. The van der Waals surface area contributed by atoms with E-state index in [1.165, 1.54) is 6.07 Å². The van der Waals surface area contributed by atoms with Crippen LogP contribution in [-0.4, -0.2) is 55.3 Å². The van der Waals surface area contributed by atoms with Crippen molar-refractivity contribution in [3.05, 3.63) is 35.6 Å². The molecule has 3 rings (SSSR count). The maximum absolute atomic E-state index is 14.2. The molecule has 2 aliphatic rings. The molecule has 0 aromatic heterocycles. The Bertz CT molecular complexity index is 550. The molecule has 0 unspecified atom stereocenters. The smallest absolute Gasteiger partial charge is 0.237 e. The van der Waals surface area contributed by atoms with Crippen LogP contribution in [0.4, 0.5) is 4.39 Å². The monoisotopic (exact) mass is 339 g/mol. The molecule has 3 N–H and O–H groups in total. The van der Waals surface area contributed by atoms with E-state index in [4.69, 9.17) is 0 Å². The third-order valence-corrected chi connectivity index (χ3v) is 6.42. The minimum absolute atomic E-state index is 0.0377. The van der Waals surface area contributed by atoms with Crippen molar-refractivity contribution in [2.45, 2.75) is 24.0 Å². The van der Waals surface area contributed by atoms with Crippen molar-refractivity contribution in [2.75, 3.05) is 39.3 Å². The average molecular weight is 339 g/mol. The van der Waals surface area contributed by atoms with E-state index in [0.29, 0.717) is 5.56 Å². The number of thioether (sulfide) groups is 1. The Kier molecular flexibility index (Phi) is 5.56. The molecule has 2 heterocycles. The number of quaternary nitrogens is 2. The molecule has 0 aliphatic carbocycles. The van der Waals surface area contributed by atoms with Crippen LogP contribution in [0.5, 0.6) is 0 Å². The minimum atomic E-state index is -0.209. The van der Waals surface area contributed by atoms with Crippen LogP contribution in [0.2, 0.25) is 0 Å². The van der Waals surface area contributed by atoms with E-state index >= 15 is 0 Å². The molecule has 6 heteroatoms. The van der Waals surface area contributed by atoms with Crippen LogP contribution in [0.3, 0.4) is 0 Å². The Labute approximate surface area is 141 Å². The van der Waals surface area contributed by atoms with E-state index in [1.54, 1.807) is 22.7 Å². The molecule has 0 saturated carbocycles. The number of nitrogens with zero attached hydrogens (tertiary/aromatic N) is 1. The van der Waals surface area contributed by atoms with E-state index in [0.717, 1.165) is 45.7 Å². The van der Waals surface area contributed by atoms with Gasteiger partial charge in [0.1, 0.15) is 37.4 Å². The number of amides is 1. The number of carbonyl (C=O) groups is 1. The van der Waals surface area contributed by atoms with Gasteiger partial charge in [0.15, 0.2) is 0 Å². The van der Waals surface area contributed by atoms with Gasteiger partial charge >= 0.3 is 0 Å². The average Bonchev–Trinajstić information content (AvgIpc) is 2.90. The van der Waals surface area contributed by atoms with Crippen LogP contribution in [0.1, 0.15) is 24.3 Å². The topological polar surface area (TPSA) is 41.4 Å². The van der Waals surface area contributed by atoms with Gasteiger partial charge in [-0.2, -0.15) is 0 Å². The lowest BCUT2D eigenvalue weighted by Crippen LogP contribution is -3.20. The number of nitrogens with one attached hydrogen (secondary N) is 1. The molecule has 0 spiro atoms. The molecule has 2 aliphatic heterocycles. The van der Waals surface area contributed by atoms with Crippen molar-refractivity contribution in [3.63, 3.8) is 0 Å². The molecule has 0 radical (unpaired) electrons. The van der Waals surface area contributed by atoms with Gasteiger partial charge in [-0.1, -0.05) is 25.1 Å². The number of carbonyl (C=O) groups excluding carboxylic acids is 1. The van der Waals surface area contributed by atoms with Gasteiger partial charge in [0.2, 0.25) is 5.91 Å². The second-order valence-corrected chi connectivity index (χ2v) is 7.59. The lowest BCUT2D eigenvalue weighted by atomic mass is 10.2. The highest BCUT2D eigenvalue weighted by molar-refractivity contribution is 8.01. The third-order valence-electron chi connectivity index (χ3n) is 4.79. The minimum Gasteiger partial charge on any atom is -0.337 e. The zero-order valence-electron chi connectivity index (χ0n) is 13.6. The Balaban J connectivity index is 1.73. The summed E-state index contributed by atoms with van der Waals surface area (Å²) in [5.41, 5.74) is 0.642. The standard InChI is InChI=1S/C17H24FN3OS/c1-2-15-16(22)21(12-11-20-9-7-19-8-10-20)17(23-15)13-5-3-4-6-14(13)18/h3-6,15,17,19H,2,7-12H2,1H3/p+2/t15-,17+/m1/s1. The van der Waals surface area contributed by atoms with Crippen molar-refractivity contribution < 1.29 is 19.4 Å². The maximum atomic E-state index is 14.2. The molecule has 0 bridgehead atoms. The molecule has 126 valence electrons. The number of hydrogen-bond donors (Lipinski definition) is 2. The SMILES string of the molecule is CC[C@H]1S[C@@H](c2ccccc2F)N(CC[NH+]2CC[NH2+]CC2)C1=O. The Hall–Kier alpha value is -1.11. The summed E-state index contributed by atoms with van der Waals surface area (Å²) in [6.07, 6.45) is 0.802. The molecular formula is C17H26FN3OS+2. The number of benzene rings is 1. The highest BCUT2D eigenvalue weighted by atomic mass is 32.2. The van der Waals surface area contributed by atoms with E-state index in [-0.39, 0.29) is 22.3 Å². The largest absolute Gasteiger partial charge is 0.337 e. The lowest BCUT2D eigenvalue weighted by molar-refractivity contribution is -0.946. The summed E-state index contributed by atoms with van der Waals surface area (Å²) in [6.45, 7) is 8.33. The third kappa shape index (κ3) is 3.70. The number of rotatable bonds is 5. The first-order valence-electron chi connectivity index (χ1n) is 8.56. The van der Waals surface area contributed by atoms with Crippen molar-refractivity contribution in [2.24, 2.45) is 0 Å². The van der Waals surface area contributed by atoms with Crippen LogP contribution < -0.4 is 10.2 Å². The first-order valence-corrected chi connectivity index (χ1v) is 9.50. The number of halogens is 1. The van der Waals surface area contributed by atoms with E-state index in [9.17, 15) is 9.18 Å². The molecule has 1 aromatic carbocycles. The zero-order valence-corrected chi connectivity index (χ0v) is 14.4. The zero-order chi connectivity index (χ0) is 16.2. The van der Waals surface area contributed by atoms with Crippen molar-refractivity contribution in [1.29, 1.82) is 0 Å². The van der Waals surface area contributed by atoms with Gasteiger partial charge in [0.05, 0.1) is 18.3 Å². The Morgan fingerprint density at radius 3 is 2.78 bits per heavy atom. The number of piperazine rings is 1. The van der Waals surface area contributed by atoms with Gasteiger partial charge in [0.25, 0.3) is 0 Å². The highest BCUT2D eigenvalue weighted by Crippen LogP contribution is 2.44. The molecule has 4 nitrogen and oxygen atoms in total. The summed E-state index contributed by atoms with van der Waals surface area (Å²) in [4.78, 5) is 16.1. The summed E-state index contributed by atoms with van der Waals surface area (Å²) in [6, 6.07) is 6.86. The molecule has 2 atom stereocenters. The quantitative estimate of drug-likeness (QED) is 0.769. The summed E-state index contributed by atoms with van der Waals surface area (Å²) in [7, 11) is 0. The molecular weight excluding hydrogens is 313 g/mol. The fraction of sp³-hybridized carbons (Fsp3) is 0.588. The fourth-order valence-electron chi connectivity index (χ4n) is 3.41. The van der Waals surface area contributed by atoms with Gasteiger partial charge in [-0.25, -0.2) is 4.39 Å². The van der Waals surface area contributed by atoms with Gasteiger partial charge in [0, 0.05) is 5.56 Å². The van der Waals surface area contributed by atoms with Gasteiger partial charge < -0.3 is 15.1 Å². The molecule has 2 fully saturated rings. The number of nitrogens with two attached hydrogens (primary N) is 1. The lowest BCUT2D eigenvalue weighted by Gasteiger charge is -2.28. The predicted octanol–water partition coefficient (Wildman–Crippen LogP) is -0.360. The Morgan fingerprint density at radius 1 is 1.35 bits per heavy atom. The first kappa shape index (κ1) is 16.7. The van der Waals surface area contributed by atoms with Crippen LogP contribution in [0.15, 0.2) is 24.3 Å². The molecule has 23 heavy (non-hydrogen) atoms. The number of hydrogen-bond acceptors (Lipinski definition) is 2. The van der Waals surface area contributed by atoms with Gasteiger partial charge in [-0.05, 0) is 12.5 Å². The normalized spacial score (nSPS) is 26.0. The second-order valence-electron chi connectivity index (χ2n) is 6.30. The van der Waals surface area contributed by atoms with Crippen molar-refractivity contribution in [1.82, 2.24) is 4.90 Å². The van der Waals surface area contributed by atoms with Crippen LogP contribution in [0, 0.1) is 5.82 Å². The summed E-state index contributed by atoms with van der Waals surface area (Å²) in [5, 5.41) is 2.13. The molecule has 1 amide bonds. The van der Waals surface area contributed by atoms with Crippen molar-refractivity contribution >= 4 is 17.7 Å². The predicted molar refractivity (Wildman–Crippen MR) is 89.7 cm³/mol. The maximum Gasteiger partial charge on any atom is 0.237 e. The fourth-order valence-corrected chi connectivity index (χ4v) is 4.86. The van der Waals surface area contributed by atoms with Crippen LogP contribution in [-0.2, 0) is 4.79 Å². The molecule has 1 aromatic rings. The molecule has 2 saturated heterocycles. The van der Waals surface area contributed by atoms with E-state index in [1.807, 2.05) is 24.0 Å². The van der Waals surface area contributed by atoms with Gasteiger partial charge in [-0.15, -0.1) is 11.8 Å². The Morgan fingerprint density at radius 2 is 2.09 bits per heavy atom. The van der Waals surface area contributed by atoms with E-state index < -0.39 is 0 Å². The van der Waals surface area contributed by atoms with Gasteiger partial charge in [-0.3, -0.25) is 4.79 Å². The highest BCUT2D eigenvalue weighted by Gasteiger charge is 2.41. The second kappa shape index (κ2) is 7.64. The van der Waals surface area contributed by atoms with Crippen LogP contribution >= 0.6 is 11.8 Å². The van der Waals surface area contributed by atoms with Crippen molar-refractivity contribution in [3.8, 4) is 0 Å².